The molecular formula is C15H12ClNO2S. The highest BCUT2D eigenvalue weighted by atomic mass is 35.5. The molecule has 0 saturated heterocycles. The van der Waals surface area contributed by atoms with Gasteiger partial charge in [-0.05, 0) is 12.1 Å². The fraction of sp³-hybridized carbons (Fsp3) is 0.0667. The summed E-state index contributed by atoms with van der Waals surface area (Å²) in [5, 5.41) is 13.1. The van der Waals surface area contributed by atoms with Crippen molar-refractivity contribution in [2.75, 3.05) is 0 Å². The van der Waals surface area contributed by atoms with E-state index < -0.39 is 12.0 Å². The van der Waals surface area contributed by atoms with Crippen LogP contribution in [0, 0.1) is 0 Å². The smallest absolute Gasteiger partial charge is 0.211 e. The van der Waals surface area contributed by atoms with Crippen LogP contribution in [-0.2, 0) is 0 Å². The van der Waals surface area contributed by atoms with Crippen molar-refractivity contribution < 1.29 is 9.90 Å². The van der Waals surface area contributed by atoms with Gasteiger partial charge in [0.2, 0.25) is 5.78 Å². The molecule has 0 amide bonds. The lowest BCUT2D eigenvalue weighted by Crippen LogP contribution is -2.40. The summed E-state index contributed by atoms with van der Waals surface area (Å²) >= 11 is 10.9. The molecule has 0 aliphatic heterocycles. The van der Waals surface area contributed by atoms with E-state index in [-0.39, 0.29) is 0 Å². The minimum absolute atomic E-state index is 0.290. The second-order valence-corrected chi connectivity index (χ2v) is 4.96. The molecule has 20 heavy (non-hydrogen) atoms. The van der Waals surface area contributed by atoms with Crippen LogP contribution >= 0.6 is 23.8 Å². The number of hydrogen-bond donors (Lipinski definition) is 2. The van der Waals surface area contributed by atoms with Gasteiger partial charge in [-0.15, -0.1) is 0 Å². The quantitative estimate of drug-likeness (QED) is 0.518. The van der Waals surface area contributed by atoms with Crippen LogP contribution in [-0.4, -0.2) is 22.1 Å². The number of carbonyl (C=O) groups is 1. The first-order valence-corrected chi connectivity index (χ1v) is 6.70. The van der Waals surface area contributed by atoms with Crippen molar-refractivity contribution >= 4 is 34.6 Å². The van der Waals surface area contributed by atoms with Gasteiger partial charge in [0.25, 0.3) is 0 Å². The predicted molar refractivity (Wildman–Crippen MR) is 83.1 cm³/mol. The van der Waals surface area contributed by atoms with Crippen LogP contribution < -0.4 is 5.32 Å². The molecule has 2 aromatic rings. The molecule has 3 nitrogen and oxygen atoms in total. The number of Topliss-reactive ketones (excluding diaryl/α,β-unsaturated/α-hetero) is 1. The highest BCUT2D eigenvalue weighted by Crippen LogP contribution is 2.10. The highest BCUT2D eigenvalue weighted by Gasteiger charge is 2.18. The van der Waals surface area contributed by atoms with Gasteiger partial charge >= 0.3 is 0 Å². The maximum Gasteiger partial charge on any atom is 0.211 e. The second kappa shape index (κ2) is 6.61. The molecule has 2 rings (SSSR count). The summed E-state index contributed by atoms with van der Waals surface area (Å²) < 4.78 is 0. The first-order valence-electron chi connectivity index (χ1n) is 5.91. The van der Waals surface area contributed by atoms with Crippen LogP contribution in [0.2, 0.25) is 5.02 Å². The number of rotatable bonds is 4. The molecule has 5 heteroatoms. The maximum absolute atomic E-state index is 12.0. The summed E-state index contributed by atoms with van der Waals surface area (Å²) in [5.74, 6) is -0.429. The molecule has 2 N–H and O–H groups in total. The largest absolute Gasteiger partial charge is 0.367 e. The summed E-state index contributed by atoms with van der Waals surface area (Å²) in [7, 11) is 0. The Balaban J connectivity index is 2.04. The summed E-state index contributed by atoms with van der Waals surface area (Å²) in [6, 6.07) is 15.4. The molecule has 0 aliphatic carbocycles. The molecular weight excluding hydrogens is 294 g/mol. The number of halogens is 1. The summed E-state index contributed by atoms with van der Waals surface area (Å²) in [4.78, 5) is 12.3. The molecule has 0 fully saturated rings. The number of aliphatic hydroxyl groups is 1. The fourth-order valence-corrected chi connectivity index (χ4v) is 2.01. The Hall–Kier alpha value is -1.75. The molecule has 0 aliphatic rings. The van der Waals surface area contributed by atoms with Crippen LogP contribution in [0.3, 0.4) is 0 Å². The van der Waals surface area contributed by atoms with Crippen LogP contribution in [0.5, 0.6) is 0 Å². The third-order valence-corrected chi connectivity index (χ3v) is 3.29. The Labute approximate surface area is 127 Å². The SMILES string of the molecule is O=C(c1ccccc1)[C@H](O)NC(=S)c1ccc(Cl)cc1. The number of thiocarbonyl (C=S) groups is 1. The Kier molecular flexibility index (Phi) is 4.84. The number of hydrogen-bond acceptors (Lipinski definition) is 3. The van der Waals surface area contributed by atoms with Crippen molar-refractivity contribution in [2.24, 2.45) is 0 Å². The molecule has 0 bridgehead atoms. The van der Waals surface area contributed by atoms with Gasteiger partial charge in [-0.2, -0.15) is 0 Å². The van der Waals surface area contributed by atoms with Gasteiger partial charge in [0.05, 0.1) is 0 Å². The zero-order valence-electron chi connectivity index (χ0n) is 10.4. The summed E-state index contributed by atoms with van der Waals surface area (Å²) in [6.45, 7) is 0. The van der Waals surface area contributed by atoms with Gasteiger partial charge in [0.1, 0.15) is 4.99 Å². The molecule has 0 spiro atoms. The minimum atomic E-state index is -1.37. The van der Waals surface area contributed by atoms with Gasteiger partial charge < -0.3 is 10.4 Å². The maximum atomic E-state index is 12.0. The van der Waals surface area contributed by atoms with Crippen molar-refractivity contribution in [2.45, 2.75) is 6.23 Å². The second-order valence-electron chi connectivity index (χ2n) is 4.11. The van der Waals surface area contributed by atoms with E-state index >= 15 is 0 Å². The minimum Gasteiger partial charge on any atom is -0.367 e. The Morgan fingerprint density at radius 1 is 1.05 bits per heavy atom. The summed E-state index contributed by atoms with van der Waals surface area (Å²) in [5.41, 5.74) is 1.11. The van der Waals surface area contributed by atoms with Gasteiger partial charge in [-0.3, -0.25) is 4.79 Å². The van der Waals surface area contributed by atoms with Crippen LogP contribution in [0.4, 0.5) is 0 Å². The van der Waals surface area contributed by atoms with E-state index in [4.69, 9.17) is 23.8 Å². The first kappa shape index (κ1) is 14.7. The van der Waals surface area contributed by atoms with Crippen molar-refractivity contribution in [1.82, 2.24) is 5.32 Å². The third kappa shape index (κ3) is 3.63. The van der Waals surface area contributed by atoms with Crippen LogP contribution in [0.15, 0.2) is 54.6 Å². The van der Waals surface area contributed by atoms with Gasteiger partial charge in [0, 0.05) is 16.1 Å². The fourth-order valence-electron chi connectivity index (χ4n) is 1.63. The first-order chi connectivity index (χ1) is 9.58. The van der Waals surface area contributed by atoms with Gasteiger partial charge in [0.15, 0.2) is 6.23 Å². The average molecular weight is 306 g/mol. The molecule has 2 aromatic carbocycles. The number of aliphatic hydroxyl groups excluding tert-OH is 1. The molecule has 102 valence electrons. The Morgan fingerprint density at radius 3 is 2.25 bits per heavy atom. The lowest BCUT2D eigenvalue weighted by atomic mass is 10.1. The monoisotopic (exact) mass is 305 g/mol. The lowest BCUT2D eigenvalue weighted by Gasteiger charge is -2.14. The molecule has 0 saturated carbocycles. The number of carbonyl (C=O) groups excluding carboxylic acids is 1. The van der Waals surface area contributed by atoms with E-state index in [1.165, 1.54) is 0 Å². The standard InChI is InChI=1S/C15H12ClNO2S/c16-12-8-6-11(7-9-12)15(20)17-14(19)13(18)10-4-2-1-3-5-10/h1-9,14,19H,(H,17,20)/t14-/m0/s1. The zero-order chi connectivity index (χ0) is 14.5. The van der Waals surface area contributed by atoms with Crippen molar-refractivity contribution in [3.8, 4) is 0 Å². The van der Waals surface area contributed by atoms with E-state index in [1.807, 2.05) is 0 Å². The third-order valence-electron chi connectivity index (χ3n) is 2.68. The molecule has 1 atom stereocenters. The van der Waals surface area contributed by atoms with Gasteiger partial charge in [-0.1, -0.05) is 66.3 Å². The molecule has 0 unspecified atom stereocenters. The molecule has 0 radical (unpaired) electrons. The van der Waals surface area contributed by atoms with E-state index in [1.54, 1.807) is 54.6 Å². The highest BCUT2D eigenvalue weighted by molar-refractivity contribution is 7.80. The van der Waals surface area contributed by atoms with Crippen molar-refractivity contribution in [3.63, 3.8) is 0 Å². The van der Waals surface area contributed by atoms with Gasteiger partial charge in [-0.25, -0.2) is 0 Å². The normalized spacial score (nSPS) is 11.7. The Morgan fingerprint density at radius 2 is 1.65 bits per heavy atom. The Bertz CT molecular complexity index is 614. The van der Waals surface area contributed by atoms with Crippen molar-refractivity contribution in [3.05, 3.63) is 70.7 Å². The molecule has 0 aromatic heterocycles. The number of ketones is 1. The average Bonchev–Trinajstić information content (AvgIpc) is 2.48. The number of benzene rings is 2. The van der Waals surface area contributed by atoms with E-state index in [0.717, 1.165) is 0 Å². The number of nitrogens with one attached hydrogen (secondary N) is 1. The van der Waals surface area contributed by atoms with Crippen molar-refractivity contribution in [1.29, 1.82) is 0 Å². The van der Waals surface area contributed by atoms with E-state index in [0.29, 0.717) is 21.1 Å². The summed E-state index contributed by atoms with van der Waals surface area (Å²) in [6.07, 6.45) is -1.37. The lowest BCUT2D eigenvalue weighted by molar-refractivity contribution is 0.0721. The van der Waals surface area contributed by atoms with Crippen LogP contribution in [0.1, 0.15) is 15.9 Å². The van der Waals surface area contributed by atoms with Crippen LogP contribution in [0.25, 0.3) is 0 Å². The zero-order valence-corrected chi connectivity index (χ0v) is 12.0. The van der Waals surface area contributed by atoms with E-state index in [2.05, 4.69) is 5.32 Å². The predicted octanol–water partition coefficient (Wildman–Crippen LogP) is 2.81. The van der Waals surface area contributed by atoms with E-state index in [9.17, 15) is 9.90 Å². The topological polar surface area (TPSA) is 49.3 Å². The molecule has 0 heterocycles.